The van der Waals surface area contributed by atoms with E-state index in [1.807, 2.05) is 0 Å². The number of methoxy groups -OCH3 is 2. The summed E-state index contributed by atoms with van der Waals surface area (Å²) in [6.07, 6.45) is 3.63. The fraction of sp³-hybridized carbons (Fsp3) is 0.317. The van der Waals surface area contributed by atoms with E-state index in [9.17, 15) is 33.5 Å². The van der Waals surface area contributed by atoms with Crippen LogP contribution in [0.3, 0.4) is 0 Å². The Morgan fingerprint density at radius 1 is 1.05 bits per heavy atom. The van der Waals surface area contributed by atoms with Crippen molar-refractivity contribution in [2.75, 3.05) is 19.1 Å². The number of fused-ring (bicyclic) bond motifs is 5. The molecule has 1 saturated carbocycles. The molecule has 0 radical (unpaired) electrons. The predicted molar refractivity (Wildman–Crippen MR) is 209 cm³/mol. The van der Waals surface area contributed by atoms with Crippen LogP contribution < -0.4 is 31.3 Å². The van der Waals surface area contributed by atoms with Gasteiger partial charge in [-0.2, -0.15) is 0 Å². The van der Waals surface area contributed by atoms with E-state index in [2.05, 4.69) is 11.6 Å². The van der Waals surface area contributed by atoms with E-state index in [1.54, 1.807) is 56.5 Å². The van der Waals surface area contributed by atoms with E-state index < -0.39 is 57.9 Å². The van der Waals surface area contributed by atoms with Crippen LogP contribution in [0.1, 0.15) is 42.1 Å². The first-order valence-electron chi connectivity index (χ1n) is 18.3. The van der Waals surface area contributed by atoms with Gasteiger partial charge in [0, 0.05) is 43.6 Å². The third-order valence-electron chi connectivity index (χ3n) is 11.8. The van der Waals surface area contributed by atoms with Crippen molar-refractivity contribution in [1.29, 1.82) is 0 Å². The van der Waals surface area contributed by atoms with Gasteiger partial charge in [0.25, 0.3) is 5.56 Å². The van der Waals surface area contributed by atoms with Gasteiger partial charge in [-0.15, -0.1) is 6.58 Å². The maximum Gasteiger partial charge on any atom is 0.347 e. The number of rotatable bonds is 9. The van der Waals surface area contributed by atoms with Crippen LogP contribution in [0.15, 0.2) is 87.2 Å². The number of carbonyl (C=O) groups is 2. The normalized spacial score (nSPS) is 21.3. The van der Waals surface area contributed by atoms with Gasteiger partial charge in [-0.25, -0.2) is 37.8 Å². The molecule has 1 aliphatic carbocycles. The second-order valence-corrected chi connectivity index (χ2v) is 15.1. The number of imide groups is 1. The maximum atomic E-state index is 14.7. The lowest BCUT2D eigenvalue weighted by atomic mass is 9.56. The topological polar surface area (TPSA) is 160 Å². The molecule has 0 bridgehead atoms. The number of benzene rings is 3. The minimum absolute atomic E-state index is 0.0383. The molecule has 1 saturated heterocycles. The van der Waals surface area contributed by atoms with E-state index in [1.165, 1.54) is 40.3 Å². The first kappa shape index (κ1) is 37.7. The highest BCUT2D eigenvalue weighted by molar-refractivity contribution is 6.31. The van der Waals surface area contributed by atoms with Crippen LogP contribution in [-0.4, -0.2) is 54.6 Å². The summed E-state index contributed by atoms with van der Waals surface area (Å²) in [5.41, 5.74) is -0.556. The Balaban J connectivity index is 1.22. The number of para-hydroxylation sites is 1. The zero-order chi connectivity index (χ0) is 40.7. The molecule has 57 heavy (non-hydrogen) atoms. The molecule has 1 N–H and O–H groups in total. The number of hydrogen-bond acceptors (Lipinski definition) is 9. The van der Waals surface area contributed by atoms with Crippen LogP contribution >= 0.6 is 11.6 Å². The largest absolute Gasteiger partial charge is 0.507 e. The number of carbonyl (C=O) groups excluding carboxylic acids is 2. The molecular formula is C41H38ClFN6O8. The monoisotopic (exact) mass is 796 g/mol. The van der Waals surface area contributed by atoms with Crippen molar-refractivity contribution in [3.8, 4) is 17.2 Å². The van der Waals surface area contributed by atoms with Crippen LogP contribution in [0.4, 0.5) is 10.1 Å². The van der Waals surface area contributed by atoms with Gasteiger partial charge in [-0.05, 0) is 49.1 Å². The number of aromatic nitrogens is 5. The fourth-order valence-corrected chi connectivity index (χ4v) is 9.16. The average Bonchev–Trinajstić information content (AvgIpc) is 3.56. The van der Waals surface area contributed by atoms with Crippen molar-refractivity contribution >= 4 is 40.1 Å². The lowest BCUT2D eigenvalue weighted by Gasteiger charge is -2.47. The molecule has 4 heterocycles. The average molecular weight is 797 g/mol. The third-order valence-corrected chi connectivity index (χ3v) is 12.1. The number of aromatic hydroxyl groups is 1. The summed E-state index contributed by atoms with van der Waals surface area (Å²) in [6, 6.07) is 11.2. The number of aryl methyl sites for hydroxylation is 2. The van der Waals surface area contributed by atoms with Gasteiger partial charge in [-0.1, -0.05) is 42.0 Å². The molecule has 2 aromatic heterocycles. The van der Waals surface area contributed by atoms with E-state index in [4.69, 9.17) is 21.1 Å². The molecule has 5 aromatic rings. The molecule has 4 atom stereocenters. The highest BCUT2D eigenvalue weighted by Crippen LogP contribution is 2.62. The highest BCUT2D eigenvalue weighted by Gasteiger charge is 2.66. The first-order valence-corrected chi connectivity index (χ1v) is 18.6. The molecule has 3 aliphatic rings. The van der Waals surface area contributed by atoms with Crippen LogP contribution in [-0.2, 0) is 42.6 Å². The van der Waals surface area contributed by atoms with Crippen LogP contribution in [0, 0.1) is 17.2 Å². The van der Waals surface area contributed by atoms with Gasteiger partial charge in [0.15, 0.2) is 11.5 Å². The molecule has 2 amide bonds. The van der Waals surface area contributed by atoms with E-state index in [0.717, 1.165) is 15.5 Å². The van der Waals surface area contributed by atoms with Crippen LogP contribution in [0.5, 0.6) is 17.2 Å². The number of phenols is 1. The van der Waals surface area contributed by atoms with E-state index >= 15 is 0 Å². The van der Waals surface area contributed by atoms with Crippen molar-refractivity contribution in [1.82, 2.24) is 23.5 Å². The smallest absolute Gasteiger partial charge is 0.347 e. The fourth-order valence-electron chi connectivity index (χ4n) is 8.98. The van der Waals surface area contributed by atoms with Crippen LogP contribution in [0.2, 0.25) is 5.02 Å². The van der Waals surface area contributed by atoms with E-state index in [0.29, 0.717) is 45.7 Å². The number of allylic oxidation sites excluding steroid dienone is 3. The molecule has 2 aliphatic heterocycles. The standard InChI is InChI=1S/C41H38ClFN6O8/c1-6-8-21-9-7-10-24(35(21)50)34-23-13-16-47-39(54)46(15-14-28-37(52)45(3)31-20-33(57-5)32(56-4)19-29(31)44-28)40(55)49(47)30(23)18-25-36(51)48(38(53)41(25,34)2)22-11-12-27(43)26(42)17-22/h6-7,9-13,17,19-20,25,30,34,50H,1,8,14-16,18H2,2-5H3/t25-,30+,34+,41+/m0/s1. The summed E-state index contributed by atoms with van der Waals surface area (Å²) in [7, 11) is 4.56. The van der Waals surface area contributed by atoms with Gasteiger partial charge in [0.1, 0.15) is 17.3 Å². The highest BCUT2D eigenvalue weighted by atomic mass is 35.5. The van der Waals surface area contributed by atoms with Crippen LogP contribution in [0.25, 0.3) is 11.0 Å². The minimum Gasteiger partial charge on any atom is -0.507 e. The molecule has 8 rings (SSSR count). The second kappa shape index (κ2) is 13.8. The summed E-state index contributed by atoms with van der Waals surface area (Å²) < 4.78 is 30.1. The van der Waals surface area contributed by atoms with Gasteiger partial charge in [0.2, 0.25) is 11.8 Å². The quantitative estimate of drug-likeness (QED) is 0.169. The zero-order valence-corrected chi connectivity index (χ0v) is 32.2. The Labute approximate surface area is 329 Å². The Hall–Kier alpha value is -6.22. The third kappa shape index (κ3) is 5.50. The summed E-state index contributed by atoms with van der Waals surface area (Å²) in [4.78, 5) is 76.6. The Morgan fingerprint density at radius 3 is 2.49 bits per heavy atom. The van der Waals surface area contributed by atoms with Crippen molar-refractivity contribution < 1.29 is 28.6 Å². The number of phenolic OH excluding ortho intramolecular Hbond substituents is 1. The molecule has 294 valence electrons. The van der Waals surface area contributed by atoms with Gasteiger partial charge < -0.3 is 19.1 Å². The molecule has 0 unspecified atom stereocenters. The number of nitrogens with zero attached hydrogens (tertiary/aromatic N) is 6. The van der Waals surface area contributed by atoms with Crippen molar-refractivity contribution in [2.45, 2.75) is 51.2 Å². The maximum absolute atomic E-state index is 14.7. The number of ether oxygens (including phenoxy) is 2. The lowest BCUT2D eigenvalue weighted by molar-refractivity contribution is -0.129. The van der Waals surface area contributed by atoms with Crippen molar-refractivity contribution in [3.05, 3.63) is 132 Å². The minimum atomic E-state index is -1.48. The number of halogens is 2. The Bertz CT molecular complexity index is 2780. The van der Waals surface area contributed by atoms with Gasteiger partial charge in [0.05, 0.1) is 59.9 Å². The number of anilines is 1. The van der Waals surface area contributed by atoms with Crippen molar-refractivity contribution in [3.63, 3.8) is 0 Å². The summed E-state index contributed by atoms with van der Waals surface area (Å²) in [6.45, 7) is 5.24. The number of amides is 2. The molecule has 0 spiro atoms. The van der Waals surface area contributed by atoms with E-state index in [-0.39, 0.29) is 48.1 Å². The van der Waals surface area contributed by atoms with Gasteiger partial charge >= 0.3 is 11.4 Å². The number of hydrogen-bond donors (Lipinski definition) is 1. The SMILES string of the molecule is C=CCc1cccc([C@H]2C3=CCn4c(=O)n(CCc5nc6cc(OC)c(OC)cc6n(C)c5=O)c(=O)n4[C@@H]3C[C@H]3C(=O)N(c4ccc(F)c(Cl)c4)C(=O)[C@@]23C)c1O. The summed E-state index contributed by atoms with van der Waals surface area (Å²) >= 11 is 6.11. The molecule has 3 aromatic carbocycles. The summed E-state index contributed by atoms with van der Waals surface area (Å²) in [5, 5.41) is 11.4. The first-order chi connectivity index (χ1) is 27.3. The zero-order valence-electron chi connectivity index (χ0n) is 31.5. The second-order valence-electron chi connectivity index (χ2n) is 14.7. The molecule has 16 heteroatoms. The molecule has 14 nitrogen and oxygen atoms in total. The summed E-state index contributed by atoms with van der Waals surface area (Å²) in [5.74, 6) is -3.11. The Kier molecular flexibility index (Phi) is 9.10. The predicted octanol–water partition coefficient (Wildman–Crippen LogP) is 4.41. The van der Waals surface area contributed by atoms with Crippen molar-refractivity contribution in [2.24, 2.45) is 18.4 Å². The van der Waals surface area contributed by atoms with Gasteiger partial charge in [-0.3, -0.25) is 14.4 Å². The Morgan fingerprint density at radius 2 is 1.79 bits per heavy atom. The molecular weight excluding hydrogens is 759 g/mol. The molecule has 2 fully saturated rings. The lowest BCUT2D eigenvalue weighted by Crippen LogP contribution is -2.49.